The van der Waals surface area contributed by atoms with Crippen LogP contribution >= 0.6 is 15.9 Å². The third kappa shape index (κ3) is 5.22. The number of nitrogens with zero attached hydrogens (tertiary/aromatic N) is 8. The fourth-order valence-corrected chi connectivity index (χ4v) is 3.30. The van der Waals surface area contributed by atoms with E-state index in [4.69, 9.17) is 0 Å². The summed E-state index contributed by atoms with van der Waals surface area (Å²) in [5.74, 6) is 1.53. The molecule has 0 aliphatic carbocycles. The number of aryl methyl sites for hydroxylation is 2. The van der Waals surface area contributed by atoms with Crippen molar-refractivity contribution in [2.45, 2.75) is 32.7 Å². The molecule has 0 aliphatic rings. The fraction of sp³-hybridized carbons (Fsp3) is 0.286. The minimum Gasteiger partial charge on any atom is -0.352 e. The normalized spacial score (nSPS) is 10.9. The minimum absolute atomic E-state index is 0.134. The van der Waals surface area contributed by atoms with Gasteiger partial charge in [-0.25, -0.2) is 19.6 Å². The Balaban J connectivity index is 1.46. The second-order valence-corrected chi connectivity index (χ2v) is 7.94. The molecule has 3 aromatic heterocycles. The van der Waals surface area contributed by atoms with Gasteiger partial charge >= 0.3 is 0 Å². The van der Waals surface area contributed by atoms with Crippen LogP contribution in [0.3, 0.4) is 0 Å². The molecule has 4 rings (SSSR count). The van der Waals surface area contributed by atoms with Crippen molar-refractivity contribution in [1.82, 2.24) is 45.0 Å². The Morgan fingerprint density at radius 1 is 1.19 bits per heavy atom. The second-order valence-electron chi connectivity index (χ2n) is 7.02. The zero-order chi connectivity index (χ0) is 22.3. The molecule has 32 heavy (non-hydrogen) atoms. The number of carbonyl (C=O) groups excluding carboxylic acids is 1. The largest absolute Gasteiger partial charge is 0.352 e. The van der Waals surface area contributed by atoms with E-state index in [0.29, 0.717) is 36.0 Å². The number of unbranched alkanes of at least 4 members (excludes halogenated alkanes) is 1. The van der Waals surface area contributed by atoms with Gasteiger partial charge in [0.05, 0.1) is 16.4 Å². The van der Waals surface area contributed by atoms with Gasteiger partial charge in [0.1, 0.15) is 0 Å². The van der Waals surface area contributed by atoms with Crippen molar-refractivity contribution >= 4 is 21.8 Å². The number of halogens is 1. The van der Waals surface area contributed by atoms with Gasteiger partial charge in [-0.15, -0.1) is 5.10 Å². The van der Waals surface area contributed by atoms with Crippen molar-refractivity contribution in [3.05, 3.63) is 64.9 Å². The molecule has 10 nitrogen and oxygen atoms in total. The van der Waals surface area contributed by atoms with Gasteiger partial charge < -0.3 is 5.32 Å². The highest BCUT2D eigenvalue weighted by Gasteiger charge is 2.16. The van der Waals surface area contributed by atoms with Crippen LogP contribution in [0.15, 0.2) is 53.5 Å². The molecule has 0 aliphatic heterocycles. The Hall–Kier alpha value is -3.47. The first-order valence-corrected chi connectivity index (χ1v) is 11.1. The summed E-state index contributed by atoms with van der Waals surface area (Å²) in [5.41, 5.74) is 1.27. The molecule has 0 unspecified atom stereocenters. The van der Waals surface area contributed by atoms with Crippen LogP contribution in [-0.4, -0.2) is 52.2 Å². The summed E-state index contributed by atoms with van der Waals surface area (Å²) in [4.78, 5) is 25.9. The topological polar surface area (TPSA) is 116 Å². The first-order chi connectivity index (χ1) is 15.6. The van der Waals surface area contributed by atoms with Gasteiger partial charge in [-0.05, 0) is 47.0 Å². The molecule has 0 saturated carbocycles. The highest BCUT2D eigenvalue weighted by molar-refractivity contribution is 9.10. The molecule has 3 heterocycles. The van der Waals surface area contributed by atoms with Crippen molar-refractivity contribution < 1.29 is 4.79 Å². The summed E-state index contributed by atoms with van der Waals surface area (Å²) in [6.07, 6.45) is 9.23. The number of hydrogen-bond donors (Lipinski definition) is 1. The van der Waals surface area contributed by atoms with Crippen molar-refractivity contribution in [3.63, 3.8) is 0 Å². The van der Waals surface area contributed by atoms with Gasteiger partial charge in [0.15, 0.2) is 11.6 Å². The van der Waals surface area contributed by atoms with E-state index in [1.807, 2.05) is 25.3 Å². The monoisotopic (exact) mass is 495 g/mol. The summed E-state index contributed by atoms with van der Waals surface area (Å²) in [5, 5.41) is 15.3. The van der Waals surface area contributed by atoms with Crippen LogP contribution < -0.4 is 5.32 Å². The van der Waals surface area contributed by atoms with E-state index in [0.717, 1.165) is 29.5 Å². The second kappa shape index (κ2) is 10.2. The van der Waals surface area contributed by atoms with Gasteiger partial charge in [0.2, 0.25) is 5.82 Å². The highest BCUT2D eigenvalue weighted by atomic mass is 79.9. The lowest BCUT2D eigenvalue weighted by Gasteiger charge is -2.09. The molecule has 4 aromatic rings. The number of benzene rings is 1. The standard InChI is InChI=1S/C21H22BrN9O/c1-2-18-27-20(19-24-13-16(22)14-25-19)31(28-18)17-7-5-6-15(12-17)21(32)23-8-3-4-10-30-11-9-26-29-30/h5-7,9,11-14H,2-4,8,10H2,1H3,(H,23,32). The van der Waals surface area contributed by atoms with E-state index < -0.39 is 0 Å². The van der Waals surface area contributed by atoms with Crippen molar-refractivity contribution in [1.29, 1.82) is 0 Å². The zero-order valence-corrected chi connectivity index (χ0v) is 19.1. The molecule has 1 amide bonds. The maximum Gasteiger partial charge on any atom is 0.251 e. The van der Waals surface area contributed by atoms with Gasteiger partial charge in [-0.2, -0.15) is 5.10 Å². The zero-order valence-electron chi connectivity index (χ0n) is 17.5. The average molecular weight is 496 g/mol. The molecule has 11 heteroatoms. The summed E-state index contributed by atoms with van der Waals surface area (Å²) in [6.45, 7) is 3.34. The van der Waals surface area contributed by atoms with Gasteiger partial charge in [-0.3, -0.25) is 9.48 Å². The quantitative estimate of drug-likeness (QED) is 0.354. The third-order valence-electron chi connectivity index (χ3n) is 4.71. The van der Waals surface area contributed by atoms with Gasteiger partial charge in [0.25, 0.3) is 5.91 Å². The lowest BCUT2D eigenvalue weighted by Crippen LogP contribution is -2.24. The fourth-order valence-electron chi connectivity index (χ4n) is 3.09. The van der Waals surface area contributed by atoms with Crippen LogP contribution in [0, 0.1) is 0 Å². The molecule has 0 radical (unpaired) electrons. The average Bonchev–Trinajstić information content (AvgIpc) is 3.49. The number of nitrogens with one attached hydrogen (secondary N) is 1. The van der Waals surface area contributed by atoms with E-state index in [1.165, 1.54) is 0 Å². The number of amides is 1. The van der Waals surface area contributed by atoms with Crippen LogP contribution in [0.1, 0.15) is 35.9 Å². The van der Waals surface area contributed by atoms with E-state index in [-0.39, 0.29) is 5.91 Å². The van der Waals surface area contributed by atoms with E-state index in [1.54, 1.807) is 40.1 Å². The Bertz CT molecular complexity index is 1170. The smallest absolute Gasteiger partial charge is 0.251 e. The molecule has 0 fully saturated rings. The molecule has 164 valence electrons. The maximum absolute atomic E-state index is 12.7. The molecule has 0 spiro atoms. The van der Waals surface area contributed by atoms with Crippen LogP contribution in [0.5, 0.6) is 0 Å². The number of hydrogen-bond acceptors (Lipinski definition) is 7. The summed E-state index contributed by atoms with van der Waals surface area (Å²) in [6, 6.07) is 7.28. The third-order valence-corrected chi connectivity index (χ3v) is 5.12. The molecular formula is C21H22BrN9O. The maximum atomic E-state index is 12.7. The molecule has 0 atom stereocenters. The number of aromatic nitrogens is 8. The highest BCUT2D eigenvalue weighted by Crippen LogP contribution is 2.20. The van der Waals surface area contributed by atoms with Crippen molar-refractivity contribution in [3.8, 4) is 17.3 Å². The van der Waals surface area contributed by atoms with E-state index in [2.05, 4.69) is 51.6 Å². The van der Waals surface area contributed by atoms with Gasteiger partial charge in [-0.1, -0.05) is 18.2 Å². The summed E-state index contributed by atoms with van der Waals surface area (Å²) >= 11 is 3.35. The SMILES string of the molecule is CCc1nc(-c2ncc(Br)cn2)n(-c2cccc(C(=O)NCCCCn3ccnn3)c2)n1. The Morgan fingerprint density at radius 3 is 2.78 bits per heavy atom. The van der Waals surface area contributed by atoms with Crippen molar-refractivity contribution in [2.75, 3.05) is 6.54 Å². The summed E-state index contributed by atoms with van der Waals surface area (Å²) < 4.78 is 4.24. The van der Waals surface area contributed by atoms with Crippen LogP contribution in [0.2, 0.25) is 0 Å². The van der Waals surface area contributed by atoms with E-state index in [9.17, 15) is 4.79 Å². The molecule has 1 aromatic carbocycles. The Labute approximate surface area is 193 Å². The van der Waals surface area contributed by atoms with Crippen LogP contribution in [0.25, 0.3) is 17.3 Å². The summed E-state index contributed by atoms with van der Waals surface area (Å²) in [7, 11) is 0. The molecule has 0 bridgehead atoms. The van der Waals surface area contributed by atoms with E-state index >= 15 is 0 Å². The van der Waals surface area contributed by atoms with Gasteiger partial charge in [0, 0.05) is 43.7 Å². The van der Waals surface area contributed by atoms with Crippen LogP contribution in [0.4, 0.5) is 0 Å². The number of carbonyl (C=O) groups is 1. The first kappa shape index (κ1) is 21.8. The Kier molecular flexibility index (Phi) is 6.95. The Morgan fingerprint density at radius 2 is 2.03 bits per heavy atom. The molecular weight excluding hydrogens is 474 g/mol. The molecule has 1 N–H and O–H groups in total. The predicted molar refractivity (Wildman–Crippen MR) is 121 cm³/mol. The predicted octanol–water partition coefficient (Wildman–Crippen LogP) is 2.85. The van der Waals surface area contributed by atoms with Crippen LogP contribution in [-0.2, 0) is 13.0 Å². The lowest BCUT2D eigenvalue weighted by molar-refractivity contribution is 0.0953. The number of rotatable bonds is 9. The minimum atomic E-state index is -0.134. The molecule has 0 saturated heterocycles. The lowest BCUT2D eigenvalue weighted by atomic mass is 10.2. The first-order valence-electron chi connectivity index (χ1n) is 10.3. The van der Waals surface area contributed by atoms with Crippen molar-refractivity contribution in [2.24, 2.45) is 0 Å².